The Morgan fingerprint density at radius 3 is 2.71 bits per heavy atom. The maximum absolute atomic E-state index is 12.3. The second-order valence-electron chi connectivity index (χ2n) is 5.25. The van der Waals surface area contributed by atoms with Crippen molar-refractivity contribution in [2.45, 2.75) is 26.4 Å². The van der Waals surface area contributed by atoms with Gasteiger partial charge in [0.15, 0.2) is 0 Å². The van der Waals surface area contributed by atoms with E-state index in [0.717, 1.165) is 11.1 Å². The first kappa shape index (κ1) is 15.6. The normalized spacial score (nSPS) is 17.4. The molecule has 4 nitrogen and oxygen atoms in total. The topological polar surface area (TPSA) is 49.4 Å². The van der Waals surface area contributed by atoms with Crippen molar-refractivity contribution < 1.29 is 9.59 Å². The van der Waals surface area contributed by atoms with Gasteiger partial charge in [0, 0.05) is 18.4 Å². The van der Waals surface area contributed by atoms with Crippen LogP contribution in [0.5, 0.6) is 0 Å². The molecule has 2 amide bonds. The lowest BCUT2D eigenvalue weighted by atomic mass is 10.2. The fourth-order valence-electron chi connectivity index (χ4n) is 2.11. The van der Waals surface area contributed by atoms with Crippen molar-refractivity contribution in [2.75, 3.05) is 11.6 Å². The monoisotopic (exact) mass is 304 g/mol. The van der Waals surface area contributed by atoms with Gasteiger partial charge in [0.25, 0.3) is 0 Å². The lowest BCUT2D eigenvalue weighted by Crippen LogP contribution is -2.46. The molecule has 1 saturated heterocycles. The molecule has 1 aromatic carbocycles. The standard InChI is InChI=1S/C16H20N2O2S/c1-12(2)8-15(19)18-11-21-10-14(18)16(20)17-9-13-6-4-3-5-7-13/h3-8,14H,9-11H2,1-2H3,(H,17,20)/t14-/m1/s1. The fraction of sp³-hybridized carbons (Fsp3) is 0.375. The van der Waals surface area contributed by atoms with Crippen molar-refractivity contribution in [3.8, 4) is 0 Å². The van der Waals surface area contributed by atoms with Gasteiger partial charge in [-0.3, -0.25) is 9.59 Å². The summed E-state index contributed by atoms with van der Waals surface area (Å²) in [6.45, 7) is 4.25. The molecule has 1 N–H and O–H groups in total. The van der Waals surface area contributed by atoms with E-state index in [4.69, 9.17) is 0 Å². The molecule has 0 spiro atoms. The van der Waals surface area contributed by atoms with E-state index in [1.165, 1.54) is 0 Å². The zero-order chi connectivity index (χ0) is 15.2. The Balaban J connectivity index is 1.95. The average molecular weight is 304 g/mol. The number of nitrogens with one attached hydrogen (secondary N) is 1. The van der Waals surface area contributed by atoms with E-state index in [1.807, 2.05) is 44.2 Å². The number of amides is 2. The van der Waals surface area contributed by atoms with Crippen LogP contribution in [0.3, 0.4) is 0 Å². The molecule has 2 rings (SSSR count). The fourth-order valence-corrected chi connectivity index (χ4v) is 3.27. The third kappa shape index (κ3) is 4.36. The minimum atomic E-state index is -0.373. The van der Waals surface area contributed by atoms with Crippen LogP contribution in [-0.2, 0) is 16.1 Å². The van der Waals surface area contributed by atoms with Gasteiger partial charge in [0.05, 0.1) is 5.88 Å². The predicted octanol–water partition coefficient (Wildman–Crippen LogP) is 2.17. The van der Waals surface area contributed by atoms with Crippen LogP contribution >= 0.6 is 11.8 Å². The molecule has 1 fully saturated rings. The first-order valence-electron chi connectivity index (χ1n) is 6.93. The average Bonchev–Trinajstić information content (AvgIpc) is 2.95. The Hall–Kier alpha value is -1.75. The van der Waals surface area contributed by atoms with Crippen LogP contribution in [0.1, 0.15) is 19.4 Å². The molecule has 21 heavy (non-hydrogen) atoms. The van der Waals surface area contributed by atoms with Gasteiger partial charge in [0.1, 0.15) is 6.04 Å². The van der Waals surface area contributed by atoms with E-state index in [1.54, 1.807) is 22.7 Å². The third-order valence-electron chi connectivity index (χ3n) is 3.19. The number of carbonyl (C=O) groups excluding carboxylic acids is 2. The molecule has 0 aliphatic carbocycles. The second kappa shape index (κ2) is 7.31. The van der Waals surface area contributed by atoms with Crippen molar-refractivity contribution in [1.82, 2.24) is 10.2 Å². The molecule has 0 aromatic heterocycles. The Kier molecular flexibility index (Phi) is 5.44. The Labute approximate surface area is 129 Å². The molecule has 0 saturated carbocycles. The molecule has 1 aliphatic rings. The summed E-state index contributed by atoms with van der Waals surface area (Å²) in [4.78, 5) is 26.0. The van der Waals surface area contributed by atoms with Gasteiger partial charge in [-0.15, -0.1) is 11.8 Å². The molecule has 0 radical (unpaired) electrons. The van der Waals surface area contributed by atoms with Crippen molar-refractivity contribution in [3.63, 3.8) is 0 Å². The summed E-state index contributed by atoms with van der Waals surface area (Å²) in [5.41, 5.74) is 2.00. The van der Waals surface area contributed by atoms with Crippen LogP contribution in [-0.4, -0.2) is 34.4 Å². The summed E-state index contributed by atoms with van der Waals surface area (Å²) in [5, 5.41) is 2.91. The predicted molar refractivity (Wildman–Crippen MR) is 85.7 cm³/mol. The third-order valence-corrected chi connectivity index (χ3v) is 4.20. The lowest BCUT2D eigenvalue weighted by molar-refractivity contribution is -0.134. The van der Waals surface area contributed by atoms with E-state index < -0.39 is 0 Å². The Morgan fingerprint density at radius 1 is 1.33 bits per heavy atom. The van der Waals surface area contributed by atoms with Gasteiger partial charge in [-0.1, -0.05) is 35.9 Å². The maximum Gasteiger partial charge on any atom is 0.247 e. The first-order valence-corrected chi connectivity index (χ1v) is 8.08. The highest BCUT2D eigenvalue weighted by molar-refractivity contribution is 7.99. The number of rotatable bonds is 4. The minimum Gasteiger partial charge on any atom is -0.350 e. The number of allylic oxidation sites excluding steroid dienone is 1. The maximum atomic E-state index is 12.3. The first-order chi connectivity index (χ1) is 10.1. The molecule has 5 heteroatoms. The number of benzene rings is 1. The van der Waals surface area contributed by atoms with Crippen molar-refractivity contribution in [3.05, 3.63) is 47.5 Å². The van der Waals surface area contributed by atoms with Crippen LogP contribution in [0.2, 0.25) is 0 Å². The van der Waals surface area contributed by atoms with Gasteiger partial charge in [0.2, 0.25) is 11.8 Å². The van der Waals surface area contributed by atoms with Crippen LogP contribution in [0, 0.1) is 0 Å². The zero-order valence-corrected chi connectivity index (χ0v) is 13.2. The van der Waals surface area contributed by atoms with Crippen molar-refractivity contribution in [1.29, 1.82) is 0 Å². The van der Waals surface area contributed by atoms with E-state index in [-0.39, 0.29) is 17.9 Å². The highest BCUT2D eigenvalue weighted by atomic mass is 32.2. The molecule has 1 aromatic rings. The minimum absolute atomic E-state index is 0.0835. The van der Waals surface area contributed by atoms with Gasteiger partial charge >= 0.3 is 0 Å². The highest BCUT2D eigenvalue weighted by Gasteiger charge is 2.33. The molecule has 1 heterocycles. The highest BCUT2D eigenvalue weighted by Crippen LogP contribution is 2.21. The summed E-state index contributed by atoms with van der Waals surface area (Å²) in [5.74, 6) is 1.06. The van der Waals surface area contributed by atoms with Gasteiger partial charge < -0.3 is 10.2 Å². The second-order valence-corrected chi connectivity index (χ2v) is 6.25. The quantitative estimate of drug-likeness (QED) is 0.867. The van der Waals surface area contributed by atoms with Crippen LogP contribution in [0.15, 0.2) is 42.0 Å². The summed E-state index contributed by atoms with van der Waals surface area (Å²) in [6.07, 6.45) is 1.59. The Bertz CT molecular complexity index is 538. The summed E-state index contributed by atoms with van der Waals surface area (Å²) >= 11 is 1.61. The molecule has 0 unspecified atom stereocenters. The number of nitrogens with zero attached hydrogens (tertiary/aromatic N) is 1. The van der Waals surface area contributed by atoms with E-state index in [9.17, 15) is 9.59 Å². The number of hydrogen-bond acceptors (Lipinski definition) is 3. The molecular formula is C16H20N2O2S. The molecular weight excluding hydrogens is 284 g/mol. The smallest absolute Gasteiger partial charge is 0.247 e. The number of hydrogen-bond donors (Lipinski definition) is 1. The number of carbonyl (C=O) groups is 2. The molecule has 0 bridgehead atoms. The molecule has 1 atom stereocenters. The number of thioether (sulfide) groups is 1. The molecule has 112 valence electrons. The van der Waals surface area contributed by atoms with Crippen LogP contribution in [0.25, 0.3) is 0 Å². The van der Waals surface area contributed by atoms with Gasteiger partial charge in [-0.05, 0) is 19.4 Å². The van der Waals surface area contributed by atoms with Crippen molar-refractivity contribution >= 4 is 23.6 Å². The zero-order valence-electron chi connectivity index (χ0n) is 12.3. The summed E-state index contributed by atoms with van der Waals surface area (Å²) in [6, 6.07) is 9.39. The molecule has 1 aliphatic heterocycles. The lowest BCUT2D eigenvalue weighted by Gasteiger charge is -2.22. The van der Waals surface area contributed by atoms with E-state index in [0.29, 0.717) is 18.2 Å². The largest absolute Gasteiger partial charge is 0.350 e. The van der Waals surface area contributed by atoms with E-state index in [2.05, 4.69) is 5.32 Å². The van der Waals surface area contributed by atoms with E-state index >= 15 is 0 Å². The van der Waals surface area contributed by atoms with Crippen LogP contribution in [0.4, 0.5) is 0 Å². The Morgan fingerprint density at radius 2 is 2.05 bits per heavy atom. The summed E-state index contributed by atoms with van der Waals surface area (Å²) in [7, 11) is 0. The van der Waals surface area contributed by atoms with Crippen molar-refractivity contribution in [2.24, 2.45) is 0 Å². The SMILES string of the molecule is CC(C)=CC(=O)N1CSC[C@@H]1C(=O)NCc1ccccc1. The van der Waals surface area contributed by atoms with Crippen LogP contribution < -0.4 is 5.32 Å². The summed E-state index contributed by atoms with van der Waals surface area (Å²) < 4.78 is 0. The van der Waals surface area contributed by atoms with Gasteiger partial charge in [-0.2, -0.15) is 0 Å². The van der Waals surface area contributed by atoms with Gasteiger partial charge in [-0.25, -0.2) is 0 Å².